The number of ketones is 1. The molecule has 0 bridgehead atoms. The average Bonchev–Trinajstić information content (AvgIpc) is 2.40. The first-order chi connectivity index (χ1) is 8.83. The van der Waals surface area contributed by atoms with Crippen LogP contribution in [0.5, 0.6) is 0 Å². The van der Waals surface area contributed by atoms with E-state index >= 15 is 0 Å². The second-order valence-corrected chi connectivity index (χ2v) is 4.78. The molecule has 0 aliphatic rings. The zero-order valence-electron chi connectivity index (χ0n) is 12.6. The van der Waals surface area contributed by atoms with Crippen LogP contribution < -0.4 is 0 Å². The number of carboxylic acids is 1. The van der Waals surface area contributed by atoms with Gasteiger partial charge in [0.2, 0.25) is 11.4 Å². The number of carbonyl (C=O) groups excluding carboxylic acids is 1. The number of carboxylic acid groups (broad SMARTS) is 1. The van der Waals surface area contributed by atoms with Crippen molar-refractivity contribution < 1.29 is 24.2 Å². The van der Waals surface area contributed by atoms with Crippen molar-refractivity contribution in [2.45, 2.75) is 71.7 Å². The summed E-state index contributed by atoms with van der Waals surface area (Å²) >= 11 is 0. The molecule has 0 saturated carbocycles. The summed E-state index contributed by atoms with van der Waals surface area (Å²) in [4.78, 5) is 23.6. The van der Waals surface area contributed by atoms with Gasteiger partial charge < -0.3 is 14.6 Å². The first-order valence-corrected chi connectivity index (χ1v) is 6.90. The monoisotopic (exact) mass is 274 g/mol. The molecule has 1 N–H and O–H groups in total. The molecule has 0 radical (unpaired) electrons. The van der Waals surface area contributed by atoms with Crippen molar-refractivity contribution in [3.63, 3.8) is 0 Å². The van der Waals surface area contributed by atoms with E-state index in [1.165, 1.54) is 0 Å². The molecule has 19 heavy (non-hydrogen) atoms. The summed E-state index contributed by atoms with van der Waals surface area (Å²) in [6, 6.07) is 0. The molecule has 5 nitrogen and oxygen atoms in total. The third-order valence-corrected chi connectivity index (χ3v) is 3.34. The molecule has 0 heterocycles. The molecule has 0 rings (SSSR count). The van der Waals surface area contributed by atoms with E-state index in [4.69, 9.17) is 9.47 Å². The lowest BCUT2D eigenvalue weighted by Crippen LogP contribution is -2.52. The molecule has 0 aromatic heterocycles. The minimum absolute atomic E-state index is 0.0732. The highest BCUT2D eigenvalue weighted by Gasteiger charge is 2.46. The van der Waals surface area contributed by atoms with Crippen LogP contribution in [-0.2, 0) is 19.1 Å². The van der Waals surface area contributed by atoms with Gasteiger partial charge in [-0.15, -0.1) is 0 Å². The van der Waals surface area contributed by atoms with Gasteiger partial charge in [-0.2, -0.15) is 0 Å². The Morgan fingerprint density at radius 3 is 2.00 bits per heavy atom. The Kier molecular flexibility index (Phi) is 7.87. The van der Waals surface area contributed by atoms with E-state index in [2.05, 4.69) is 0 Å². The molecule has 3 atom stereocenters. The Labute approximate surface area is 115 Å². The fourth-order valence-corrected chi connectivity index (χ4v) is 1.55. The van der Waals surface area contributed by atoms with Crippen LogP contribution in [0.25, 0.3) is 0 Å². The molecule has 0 aromatic carbocycles. The third kappa shape index (κ3) is 4.91. The average molecular weight is 274 g/mol. The van der Waals surface area contributed by atoms with Crippen LogP contribution in [-0.4, -0.2) is 41.3 Å². The summed E-state index contributed by atoms with van der Waals surface area (Å²) in [5, 5.41) is 9.36. The van der Waals surface area contributed by atoms with E-state index in [0.717, 1.165) is 6.42 Å². The van der Waals surface area contributed by atoms with Gasteiger partial charge in [0, 0.05) is 0 Å². The molecule has 3 unspecified atom stereocenters. The Morgan fingerprint density at radius 2 is 1.63 bits per heavy atom. The number of hydrogen-bond acceptors (Lipinski definition) is 4. The minimum Gasteiger partial charge on any atom is -0.479 e. The highest BCUT2D eigenvalue weighted by molar-refractivity contribution is 6.07. The van der Waals surface area contributed by atoms with Gasteiger partial charge in [0.15, 0.2) is 0 Å². The van der Waals surface area contributed by atoms with E-state index in [9.17, 15) is 14.7 Å². The van der Waals surface area contributed by atoms with Gasteiger partial charge >= 0.3 is 5.97 Å². The van der Waals surface area contributed by atoms with Crippen LogP contribution in [0.1, 0.15) is 53.9 Å². The molecular formula is C14H26O5. The molecular weight excluding hydrogens is 248 g/mol. The summed E-state index contributed by atoms with van der Waals surface area (Å²) in [5.74, 6) is -1.77. The van der Waals surface area contributed by atoms with Crippen molar-refractivity contribution in [1.29, 1.82) is 0 Å². The normalized spacial score (nSPS) is 17.5. The smallest absolute Gasteiger partial charge is 0.343 e. The van der Waals surface area contributed by atoms with Gasteiger partial charge in [0.1, 0.15) is 6.61 Å². The molecule has 0 amide bonds. The zero-order chi connectivity index (χ0) is 15.1. The van der Waals surface area contributed by atoms with E-state index in [0.29, 0.717) is 6.42 Å². The second kappa shape index (κ2) is 8.27. The molecule has 0 saturated heterocycles. The maximum Gasteiger partial charge on any atom is 0.343 e. The fourth-order valence-electron chi connectivity index (χ4n) is 1.55. The first-order valence-electron chi connectivity index (χ1n) is 6.90. The number of aliphatic carboxylic acids is 1. The van der Waals surface area contributed by atoms with Crippen molar-refractivity contribution in [2.75, 3.05) is 6.61 Å². The maximum atomic E-state index is 12.2. The zero-order valence-corrected chi connectivity index (χ0v) is 12.6. The predicted octanol–water partition coefficient (Wildman–Crippen LogP) is 2.42. The van der Waals surface area contributed by atoms with Crippen molar-refractivity contribution in [3.8, 4) is 0 Å². The van der Waals surface area contributed by atoms with Crippen molar-refractivity contribution in [3.05, 3.63) is 0 Å². The number of hydrogen-bond donors (Lipinski definition) is 1. The lowest BCUT2D eigenvalue weighted by molar-refractivity contribution is -0.182. The Balaban J connectivity index is 4.92. The van der Waals surface area contributed by atoms with E-state index < -0.39 is 17.4 Å². The first kappa shape index (κ1) is 18.1. The molecule has 112 valence electrons. The van der Waals surface area contributed by atoms with Crippen LogP contribution in [0.3, 0.4) is 0 Å². The van der Waals surface area contributed by atoms with Gasteiger partial charge in [-0.1, -0.05) is 20.8 Å². The largest absolute Gasteiger partial charge is 0.479 e. The number of carbonyl (C=O) groups is 2. The minimum atomic E-state index is -1.79. The highest BCUT2D eigenvalue weighted by Crippen LogP contribution is 2.22. The third-order valence-electron chi connectivity index (χ3n) is 3.34. The standard InChI is InChI=1S/C14H26O5/c1-6-10(4)18-9-12(15)14(8-3,13(16)17)19-11(5)7-2/h10-11H,6-9H2,1-5H3,(H,16,17). The van der Waals surface area contributed by atoms with Crippen LogP contribution >= 0.6 is 0 Å². The molecule has 0 aliphatic carbocycles. The fraction of sp³-hybridized carbons (Fsp3) is 0.857. The van der Waals surface area contributed by atoms with Gasteiger partial charge in [0.25, 0.3) is 0 Å². The Hall–Kier alpha value is -0.940. The Bertz CT molecular complexity index is 302. The van der Waals surface area contributed by atoms with Crippen molar-refractivity contribution in [1.82, 2.24) is 0 Å². The maximum absolute atomic E-state index is 12.2. The molecule has 0 fully saturated rings. The van der Waals surface area contributed by atoms with Gasteiger partial charge in [-0.25, -0.2) is 4.79 Å². The lowest BCUT2D eigenvalue weighted by atomic mass is 9.94. The molecule has 0 aromatic rings. The molecule has 0 spiro atoms. The van der Waals surface area contributed by atoms with E-state index in [1.807, 2.05) is 20.8 Å². The second-order valence-electron chi connectivity index (χ2n) is 4.78. The SMILES string of the molecule is CCC(C)OCC(=O)C(CC)(OC(C)CC)C(=O)O. The van der Waals surface area contributed by atoms with Crippen molar-refractivity contribution >= 4 is 11.8 Å². The van der Waals surface area contributed by atoms with Crippen LogP contribution in [0, 0.1) is 0 Å². The summed E-state index contributed by atoms with van der Waals surface area (Å²) in [7, 11) is 0. The van der Waals surface area contributed by atoms with Gasteiger partial charge in [-0.05, 0) is 33.1 Å². The van der Waals surface area contributed by atoms with Gasteiger partial charge in [0.05, 0.1) is 12.2 Å². The summed E-state index contributed by atoms with van der Waals surface area (Å²) < 4.78 is 10.8. The topological polar surface area (TPSA) is 72.8 Å². The summed E-state index contributed by atoms with van der Waals surface area (Å²) in [6.45, 7) is 8.83. The molecule has 5 heteroatoms. The highest BCUT2D eigenvalue weighted by atomic mass is 16.5. The van der Waals surface area contributed by atoms with E-state index in [1.54, 1.807) is 13.8 Å². The Morgan fingerprint density at radius 1 is 1.11 bits per heavy atom. The number of Topliss-reactive ketones (excluding diaryl/α,β-unsaturated/α-hetero) is 1. The summed E-state index contributed by atoms with van der Waals surface area (Å²) in [5.41, 5.74) is -1.79. The quantitative estimate of drug-likeness (QED) is 0.619. The summed E-state index contributed by atoms with van der Waals surface area (Å²) in [6.07, 6.45) is 1.15. The predicted molar refractivity (Wildman–Crippen MR) is 72.2 cm³/mol. The number of rotatable bonds is 10. The van der Waals surface area contributed by atoms with Crippen LogP contribution in [0.2, 0.25) is 0 Å². The molecule has 0 aliphatic heterocycles. The van der Waals surface area contributed by atoms with Crippen molar-refractivity contribution in [2.24, 2.45) is 0 Å². The lowest BCUT2D eigenvalue weighted by Gasteiger charge is -2.30. The number of ether oxygens (including phenoxy) is 2. The van der Waals surface area contributed by atoms with Gasteiger partial charge in [-0.3, -0.25) is 4.79 Å². The van der Waals surface area contributed by atoms with Crippen LogP contribution in [0.4, 0.5) is 0 Å². The van der Waals surface area contributed by atoms with E-state index in [-0.39, 0.29) is 25.2 Å². The van der Waals surface area contributed by atoms with Crippen LogP contribution in [0.15, 0.2) is 0 Å².